The van der Waals surface area contributed by atoms with Crippen LogP contribution in [0.2, 0.25) is 0 Å². The number of aromatic nitrogens is 1. The molecule has 1 amide bonds. The number of amides is 1. The third-order valence-electron chi connectivity index (χ3n) is 5.19. The van der Waals surface area contributed by atoms with Gasteiger partial charge in [0.1, 0.15) is 23.3 Å². The maximum atomic E-state index is 13.1. The molecule has 0 bridgehead atoms. The molecular formula is C24H16BrF3N2O5. The molecular weight excluding hydrogens is 533 g/mol. The molecule has 2 heterocycles. The van der Waals surface area contributed by atoms with Crippen LogP contribution in [0.4, 0.5) is 18.9 Å². The van der Waals surface area contributed by atoms with Gasteiger partial charge in [0.2, 0.25) is 0 Å². The first-order valence-corrected chi connectivity index (χ1v) is 10.8. The van der Waals surface area contributed by atoms with Crippen LogP contribution in [0, 0.1) is 0 Å². The summed E-state index contributed by atoms with van der Waals surface area (Å²) >= 11 is 3.32. The number of hydrogen-bond acceptors (Lipinski definition) is 6. The van der Waals surface area contributed by atoms with Crippen molar-refractivity contribution in [2.45, 2.75) is 12.4 Å². The number of rotatable bonds is 5. The van der Waals surface area contributed by atoms with Gasteiger partial charge in [-0.2, -0.15) is 0 Å². The number of aliphatic hydroxyl groups excluding tert-OH is 1. The summed E-state index contributed by atoms with van der Waals surface area (Å²) in [5.74, 6) is -2.39. The van der Waals surface area contributed by atoms with Gasteiger partial charge in [-0.15, -0.1) is 13.2 Å². The summed E-state index contributed by atoms with van der Waals surface area (Å²) in [6.45, 7) is 0. The number of nitrogens with zero attached hydrogens (tertiary/aromatic N) is 2. The molecule has 0 radical (unpaired) electrons. The van der Waals surface area contributed by atoms with Crippen LogP contribution in [-0.2, 0) is 9.59 Å². The van der Waals surface area contributed by atoms with Crippen LogP contribution in [0.5, 0.6) is 11.5 Å². The van der Waals surface area contributed by atoms with E-state index in [0.717, 1.165) is 17.0 Å². The predicted molar refractivity (Wildman–Crippen MR) is 123 cm³/mol. The fourth-order valence-corrected chi connectivity index (χ4v) is 4.23. The van der Waals surface area contributed by atoms with Crippen LogP contribution in [-0.4, -0.2) is 35.3 Å². The van der Waals surface area contributed by atoms with Crippen LogP contribution in [0.3, 0.4) is 0 Å². The van der Waals surface area contributed by atoms with Gasteiger partial charge >= 0.3 is 6.36 Å². The van der Waals surface area contributed by atoms with E-state index in [0.29, 0.717) is 10.2 Å². The standard InChI is InChI=1S/C24H16BrF3N2O5/c1-34-18-10-5-13(12-16(18)25)21(31)19-20(17-4-2-3-11-29-17)30(23(33)22(19)32)14-6-8-15(9-7-14)35-24(26,27)28/h2-12,20,31H,1H3/b21-19-. The Labute approximate surface area is 205 Å². The fraction of sp³-hybridized carbons (Fsp3) is 0.125. The van der Waals surface area contributed by atoms with Gasteiger partial charge in [-0.25, -0.2) is 0 Å². The Morgan fingerprint density at radius 1 is 1.09 bits per heavy atom. The van der Waals surface area contributed by atoms with E-state index in [1.165, 1.54) is 37.6 Å². The largest absolute Gasteiger partial charge is 0.573 e. The summed E-state index contributed by atoms with van der Waals surface area (Å²) < 4.78 is 47.2. The maximum Gasteiger partial charge on any atom is 0.573 e. The first-order chi connectivity index (χ1) is 16.6. The zero-order valence-electron chi connectivity index (χ0n) is 17.9. The van der Waals surface area contributed by atoms with E-state index < -0.39 is 35.6 Å². The van der Waals surface area contributed by atoms with Crippen LogP contribution >= 0.6 is 15.9 Å². The molecule has 1 fully saturated rings. The number of halogens is 4. The average Bonchev–Trinajstić information content (AvgIpc) is 3.09. The van der Waals surface area contributed by atoms with Gasteiger partial charge in [0, 0.05) is 17.4 Å². The zero-order chi connectivity index (χ0) is 25.3. The van der Waals surface area contributed by atoms with Crippen molar-refractivity contribution in [1.82, 2.24) is 4.98 Å². The summed E-state index contributed by atoms with van der Waals surface area (Å²) in [4.78, 5) is 31.5. The van der Waals surface area contributed by atoms with Crippen molar-refractivity contribution in [2.75, 3.05) is 12.0 Å². The molecule has 0 aliphatic carbocycles. The minimum Gasteiger partial charge on any atom is -0.507 e. The molecule has 1 atom stereocenters. The number of carbonyl (C=O) groups excluding carboxylic acids is 2. The van der Waals surface area contributed by atoms with Crippen molar-refractivity contribution in [1.29, 1.82) is 0 Å². The number of hydrogen-bond donors (Lipinski definition) is 1. The Balaban J connectivity index is 1.84. The third kappa shape index (κ3) is 4.85. The van der Waals surface area contributed by atoms with Gasteiger partial charge in [0.05, 0.1) is 22.8 Å². The van der Waals surface area contributed by atoms with Gasteiger partial charge in [-0.05, 0) is 70.5 Å². The van der Waals surface area contributed by atoms with E-state index in [1.54, 1.807) is 24.3 Å². The molecule has 4 rings (SSSR count). The highest BCUT2D eigenvalue weighted by molar-refractivity contribution is 9.10. The number of anilines is 1. The monoisotopic (exact) mass is 548 g/mol. The summed E-state index contributed by atoms with van der Waals surface area (Å²) in [5, 5.41) is 11.1. The quantitative estimate of drug-likeness (QED) is 0.261. The molecule has 1 N–H and O–H groups in total. The van der Waals surface area contributed by atoms with Crippen LogP contribution in [0.15, 0.2) is 76.9 Å². The lowest BCUT2D eigenvalue weighted by Crippen LogP contribution is -2.29. The molecule has 1 aromatic heterocycles. The van der Waals surface area contributed by atoms with Crippen molar-refractivity contribution in [3.05, 3.63) is 88.2 Å². The van der Waals surface area contributed by atoms with Crippen molar-refractivity contribution >= 4 is 39.1 Å². The Hall–Kier alpha value is -3.86. The van der Waals surface area contributed by atoms with Crippen molar-refractivity contribution in [3.63, 3.8) is 0 Å². The Kier molecular flexibility index (Phi) is 6.53. The van der Waals surface area contributed by atoms with Gasteiger partial charge in [0.25, 0.3) is 11.7 Å². The number of Topliss-reactive ketones (excluding diaryl/α,β-unsaturated/α-hetero) is 1. The van der Waals surface area contributed by atoms with E-state index in [1.807, 2.05) is 0 Å². The molecule has 1 aliphatic heterocycles. The molecule has 0 spiro atoms. The van der Waals surface area contributed by atoms with Gasteiger partial charge < -0.3 is 14.6 Å². The molecule has 7 nitrogen and oxygen atoms in total. The third-order valence-corrected chi connectivity index (χ3v) is 5.81. The Morgan fingerprint density at radius 3 is 2.37 bits per heavy atom. The topological polar surface area (TPSA) is 89.0 Å². The van der Waals surface area contributed by atoms with E-state index in [4.69, 9.17) is 4.74 Å². The van der Waals surface area contributed by atoms with E-state index in [2.05, 4.69) is 25.7 Å². The number of ketones is 1. The highest BCUT2D eigenvalue weighted by Crippen LogP contribution is 2.42. The van der Waals surface area contributed by atoms with E-state index in [-0.39, 0.29) is 22.5 Å². The number of ether oxygens (including phenoxy) is 2. The van der Waals surface area contributed by atoms with Gasteiger partial charge in [-0.3, -0.25) is 19.5 Å². The first kappa shape index (κ1) is 24.3. The lowest BCUT2D eigenvalue weighted by atomic mass is 9.98. The van der Waals surface area contributed by atoms with Gasteiger partial charge in [-0.1, -0.05) is 6.07 Å². The molecule has 0 saturated carbocycles. The second-order valence-electron chi connectivity index (χ2n) is 7.31. The minimum absolute atomic E-state index is 0.118. The predicted octanol–water partition coefficient (Wildman–Crippen LogP) is 5.38. The molecule has 3 aromatic rings. The Morgan fingerprint density at radius 2 is 1.80 bits per heavy atom. The zero-order valence-corrected chi connectivity index (χ0v) is 19.5. The highest BCUT2D eigenvalue weighted by atomic mass is 79.9. The smallest absolute Gasteiger partial charge is 0.507 e. The number of alkyl halides is 3. The molecule has 180 valence electrons. The minimum atomic E-state index is -4.88. The maximum absolute atomic E-state index is 13.1. The van der Waals surface area contributed by atoms with Crippen molar-refractivity contribution in [3.8, 4) is 11.5 Å². The first-order valence-electron chi connectivity index (χ1n) is 10.0. The molecule has 1 aliphatic rings. The SMILES string of the molecule is COc1ccc(/C(O)=C2/C(=O)C(=O)N(c3ccc(OC(F)(F)F)cc3)C2c2ccccn2)cc1Br. The summed E-state index contributed by atoms with van der Waals surface area (Å²) in [5.41, 5.74) is 0.413. The lowest BCUT2D eigenvalue weighted by Gasteiger charge is -2.24. The van der Waals surface area contributed by atoms with Crippen LogP contribution in [0.1, 0.15) is 17.3 Å². The summed E-state index contributed by atoms with van der Waals surface area (Å²) in [6, 6.07) is 12.8. The Bertz CT molecular complexity index is 1310. The normalized spacial score (nSPS) is 17.5. The number of aliphatic hydroxyl groups is 1. The van der Waals surface area contributed by atoms with Crippen LogP contribution in [0.25, 0.3) is 5.76 Å². The second-order valence-corrected chi connectivity index (χ2v) is 8.17. The number of benzene rings is 2. The molecule has 11 heteroatoms. The molecule has 1 unspecified atom stereocenters. The van der Waals surface area contributed by atoms with E-state index >= 15 is 0 Å². The summed E-state index contributed by atoms with van der Waals surface area (Å²) in [6.07, 6.45) is -3.43. The number of pyridine rings is 1. The second kappa shape index (κ2) is 9.41. The molecule has 1 saturated heterocycles. The van der Waals surface area contributed by atoms with Crippen molar-refractivity contribution < 1.29 is 37.3 Å². The molecule has 35 heavy (non-hydrogen) atoms. The van der Waals surface area contributed by atoms with Crippen molar-refractivity contribution in [2.24, 2.45) is 0 Å². The fourth-order valence-electron chi connectivity index (χ4n) is 3.69. The molecule has 2 aromatic carbocycles. The average molecular weight is 549 g/mol. The van der Waals surface area contributed by atoms with Gasteiger partial charge in [0.15, 0.2) is 0 Å². The van der Waals surface area contributed by atoms with E-state index in [9.17, 15) is 27.9 Å². The summed E-state index contributed by atoms with van der Waals surface area (Å²) in [7, 11) is 1.47. The van der Waals surface area contributed by atoms with Crippen LogP contribution < -0.4 is 14.4 Å². The lowest BCUT2D eigenvalue weighted by molar-refractivity contribution is -0.274. The number of carbonyl (C=O) groups is 2. The number of methoxy groups -OCH3 is 1. The highest BCUT2D eigenvalue weighted by Gasteiger charge is 2.47.